The molecule has 2 atom stereocenters. The molecule has 2 aromatic heterocycles. The first kappa shape index (κ1) is 21.7. The van der Waals surface area contributed by atoms with E-state index in [1.54, 1.807) is 11.3 Å². The number of aliphatic imine (C=N–C) groups is 1. The first-order valence-corrected chi connectivity index (χ1v) is 11.2. The topological polar surface area (TPSA) is 90.6 Å². The van der Waals surface area contributed by atoms with Crippen LogP contribution in [0.5, 0.6) is 0 Å². The summed E-state index contributed by atoms with van der Waals surface area (Å²) in [6, 6.07) is 2.47. The van der Waals surface area contributed by atoms with Crippen molar-refractivity contribution in [3.05, 3.63) is 34.0 Å². The third-order valence-corrected chi connectivity index (χ3v) is 6.40. The monoisotopic (exact) mass is 419 g/mol. The highest BCUT2D eigenvalue weighted by molar-refractivity contribution is 7.08. The van der Waals surface area contributed by atoms with Gasteiger partial charge in [-0.25, -0.2) is 4.99 Å². The fourth-order valence-corrected chi connectivity index (χ4v) is 4.38. The van der Waals surface area contributed by atoms with Gasteiger partial charge in [0.2, 0.25) is 0 Å². The van der Waals surface area contributed by atoms with Gasteiger partial charge in [-0.15, -0.1) is 10.2 Å². The van der Waals surface area contributed by atoms with Gasteiger partial charge in [-0.1, -0.05) is 6.92 Å². The number of likely N-dealkylation sites (tertiary alicyclic amines) is 1. The van der Waals surface area contributed by atoms with Crippen molar-refractivity contribution in [3.63, 3.8) is 0 Å². The van der Waals surface area contributed by atoms with E-state index >= 15 is 0 Å². The highest BCUT2D eigenvalue weighted by Crippen LogP contribution is 2.22. The van der Waals surface area contributed by atoms with E-state index in [1.165, 1.54) is 12.8 Å². The van der Waals surface area contributed by atoms with E-state index in [1.807, 2.05) is 42.3 Å². The molecular formula is C20H33N7OS. The summed E-state index contributed by atoms with van der Waals surface area (Å²) in [5.74, 6) is 2.36. The summed E-state index contributed by atoms with van der Waals surface area (Å²) in [5, 5.41) is 29.9. The Hall–Kier alpha value is -1.97. The Kier molecular flexibility index (Phi) is 7.26. The number of hydrogen-bond acceptors (Lipinski definition) is 6. The van der Waals surface area contributed by atoms with Gasteiger partial charge in [0.25, 0.3) is 0 Å². The molecule has 0 amide bonds. The molecule has 0 radical (unpaired) electrons. The molecule has 1 aliphatic heterocycles. The van der Waals surface area contributed by atoms with Crippen molar-refractivity contribution in [1.29, 1.82) is 0 Å². The van der Waals surface area contributed by atoms with E-state index in [9.17, 15) is 5.11 Å². The summed E-state index contributed by atoms with van der Waals surface area (Å²) in [6.07, 6.45) is 2.44. The third-order valence-electron chi connectivity index (χ3n) is 5.71. The van der Waals surface area contributed by atoms with Crippen molar-refractivity contribution < 1.29 is 5.11 Å². The van der Waals surface area contributed by atoms with E-state index < -0.39 is 5.60 Å². The number of guanidine groups is 1. The van der Waals surface area contributed by atoms with Crippen LogP contribution in [0.1, 0.15) is 43.9 Å². The average molecular weight is 420 g/mol. The van der Waals surface area contributed by atoms with Gasteiger partial charge in [0.05, 0.1) is 6.54 Å². The molecule has 8 nitrogen and oxygen atoms in total. The van der Waals surface area contributed by atoms with Crippen molar-refractivity contribution >= 4 is 17.3 Å². The molecule has 3 heterocycles. The van der Waals surface area contributed by atoms with Gasteiger partial charge in [-0.2, -0.15) is 11.3 Å². The second kappa shape index (κ2) is 9.69. The lowest BCUT2D eigenvalue weighted by molar-refractivity contribution is 0.0621. The standard InChI is InChI=1S/C20H33N7OS/c1-5-27-9-6-7-17(27)11-21-19(22-12-18-25-24-15(2)26(18)4)23-14-20(3,28)16-8-10-29-13-16/h8,10,13,17,28H,5-7,9,11-12,14H2,1-4H3,(H2,21,22,23). The van der Waals surface area contributed by atoms with Crippen LogP contribution in [0.3, 0.4) is 0 Å². The highest BCUT2D eigenvalue weighted by atomic mass is 32.1. The average Bonchev–Trinajstić information content (AvgIpc) is 3.45. The molecule has 0 aliphatic carbocycles. The van der Waals surface area contributed by atoms with Crippen molar-refractivity contribution in [2.75, 3.05) is 26.2 Å². The second-order valence-corrected chi connectivity index (χ2v) is 8.61. The zero-order valence-electron chi connectivity index (χ0n) is 17.9. The van der Waals surface area contributed by atoms with Gasteiger partial charge < -0.3 is 20.3 Å². The smallest absolute Gasteiger partial charge is 0.191 e. The van der Waals surface area contributed by atoms with Crippen LogP contribution < -0.4 is 10.6 Å². The number of nitrogens with zero attached hydrogens (tertiary/aromatic N) is 5. The molecule has 2 aromatic rings. The van der Waals surface area contributed by atoms with Crippen molar-refractivity contribution in [1.82, 2.24) is 30.3 Å². The molecule has 0 saturated carbocycles. The molecule has 2 unspecified atom stereocenters. The Morgan fingerprint density at radius 2 is 2.24 bits per heavy atom. The second-order valence-electron chi connectivity index (χ2n) is 7.83. The molecule has 29 heavy (non-hydrogen) atoms. The number of thiophene rings is 1. The molecule has 9 heteroatoms. The molecule has 1 aliphatic rings. The minimum Gasteiger partial charge on any atom is -0.384 e. The maximum atomic E-state index is 10.8. The lowest BCUT2D eigenvalue weighted by Crippen LogP contribution is -2.48. The van der Waals surface area contributed by atoms with Crippen LogP contribution >= 0.6 is 11.3 Å². The van der Waals surface area contributed by atoms with Gasteiger partial charge >= 0.3 is 0 Å². The Morgan fingerprint density at radius 1 is 1.41 bits per heavy atom. The van der Waals surface area contributed by atoms with Gasteiger partial charge in [0.15, 0.2) is 11.8 Å². The fraction of sp³-hybridized carbons (Fsp3) is 0.650. The third kappa shape index (κ3) is 5.55. The number of hydrogen-bond donors (Lipinski definition) is 3. The van der Waals surface area contributed by atoms with Gasteiger partial charge in [-0.3, -0.25) is 4.90 Å². The van der Waals surface area contributed by atoms with Gasteiger partial charge in [0.1, 0.15) is 18.0 Å². The quantitative estimate of drug-likeness (QED) is 0.445. The Morgan fingerprint density at radius 3 is 2.90 bits per heavy atom. The maximum Gasteiger partial charge on any atom is 0.191 e. The van der Waals surface area contributed by atoms with E-state index in [-0.39, 0.29) is 0 Å². The van der Waals surface area contributed by atoms with Crippen LogP contribution in [0.15, 0.2) is 21.8 Å². The van der Waals surface area contributed by atoms with Crippen LogP contribution in [0.2, 0.25) is 0 Å². The van der Waals surface area contributed by atoms with Crippen LogP contribution in [0, 0.1) is 6.92 Å². The lowest BCUT2D eigenvalue weighted by atomic mass is 9.99. The summed E-state index contributed by atoms with van der Waals surface area (Å²) < 4.78 is 1.94. The summed E-state index contributed by atoms with van der Waals surface area (Å²) >= 11 is 1.58. The normalized spacial score (nSPS) is 20.0. The van der Waals surface area contributed by atoms with Crippen LogP contribution in [-0.4, -0.2) is 63.0 Å². The predicted octanol–water partition coefficient (Wildman–Crippen LogP) is 1.61. The molecule has 1 saturated heterocycles. The Labute approximate surface area is 177 Å². The van der Waals surface area contributed by atoms with E-state index in [2.05, 4.69) is 32.7 Å². The zero-order valence-corrected chi connectivity index (χ0v) is 18.7. The Bertz CT molecular complexity index is 800. The predicted molar refractivity (Wildman–Crippen MR) is 117 cm³/mol. The summed E-state index contributed by atoms with van der Waals surface area (Å²) in [4.78, 5) is 7.21. The van der Waals surface area contributed by atoms with Crippen LogP contribution in [0.4, 0.5) is 0 Å². The molecule has 3 rings (SSSR count). The van der Waals surface area contributed by atoms with E-state index in [0.717, 1.165) is 36.8 Å². The molecule has 0 spiro atoms. The largest absolute Gasteiger partial charge is 0.384 e. The van der Waals surface area contributed by atoms with Crippen molar-refractivity contribution in [2.24, 2.45) is 12.0 Å². The number of aryl methyl sites for hydroxylation is 1. The van der Waals surface area contributed by atoms with Crippen molar-refractivity contribution in [2.45, 2.75) is 51.8 Å². The SMILES string of the molecule is CCN1CCCC1CNC(=NCc1nnc(C)n1C)NCC(C)(O)c1ccsc1. The Balaban J connectivity index is 1.66. The van der Waals surface area contributed by atoms with Gasteiger partial charge in [0, 0.05) is 19.6 Å². The van der Waals surface area contributed by atoms with Crippen LogP contribution in [0.25, 0.3) is 0 Å². The number of likely N-dealkylation sites (N-methyl/N-ethyl adjacent to an activating group) is 1. The lowest BCUT2D eigenvalue weighted by Gasteiger charge is -2.26. The first-order chi connectivity index (χ1) is 13.9. The van der Waals surface area contributed by atoms with Crippen molar-refractivity contribution in [3.8, 4) is 0 Å². The maximum absolute atomic E-state index is 10.8. The van der Waals surface area contributed by atoms with Crippen LogP contribution in [-0.2, 0) is 19.2 Å². The van der Waals surface area contributed by atoms with Gasteiger partial charge in [-0.05, 0) is 62.2 Å². The highest BCUT2D eigenvalue weighted by Gasteiger charge is 2.25. The first-order valence-electron chi connectivity index (χ1n) is 10.3. The minimum atomic E-state index is -0.966. The molecule has 160 valence electrons. The fourth-order valence-electron chi connectivity index (χ4n) is 3.60. The van der Waals surface area contributed by atoms with E-state index in [4.69, 9.17) is 4.99 Å². The zero-order chi connectivity index (χ0) is 20.9. The number of nitrogens with one attached hydrogen (secondary N) is 2. The summed E-state index contributed by atoms with van der Waals surface area (Å²) in [7, 11) is 1.94. The van der Waals surface area contributed by atoms with E-state index in [0.29, 0.717) is 25.1 Å². The summed E-state index contributed by atoms with van der Waals surface area (Å²) in [6.45, 7) is 9.81. The number of aliphatic hydroxyl groups is 1. The summed E-state index contributed by atoms with van der Waals surface area (Å²) in [5.41, 5.74) is -0.0571. The molecule has 1 fully saturated rings. The minimum absolute atomic E-state index is 0.371. The number of aromatic nitrogens is 3. The number of rotatable bonds is 8. The molecular weight excluding hydrogens is 386 g/mol. The molecule has 3 N–H and O–H groups in total. The molecule has 0 aromatic carbocycles. The molecule has 0 bridgehead atoms.